The van der Waals surface area contributed by atoms with E-state index in [2.05, 4.69) is 11.9 Å². The largest absolute Gasteiger partial charge is 0.507 e. The van der Waals surface area contributed by atoms with E-state index in [0.29, 0.717) is 16.8 Å². The summed E-state index contributed by atoms with van der Waals surface area (Å²) < 4.78 is 0. The average molecular weight is 412 g/mol. The first-order chi connectivity index (χ1) is 14.9. The Morgan fingerprint density at radius 3 is 2.32 bits per heavy atom. The molecule has 0 radical (unpaired) electrons. The van der Waals surface area contributed by atoms with E-state index >= 15 is 0 Å². The van der Waals surface area contributed by atoms with Crippen LogP contribution in [0.2, 0.25) is 0 Å². The van der Waals surface area contributed by atoms with Crippen LogP contribution in [0.15, 0.2) is 72.6 Å². The van der Waals surface area contributed by atoms with Crippen molar-refractivity contribution in [1.82, 2.24) is 4.98 Å². The van der Waals surface area contributed by atoms with Gasteiger partial charge in [0.05, 0.1) is 11.6 Å². The van der Waals surface area contributed by atoms with Crippen LogP contribution in [0.4, 0.5) is 5.69 Å². The molecule has 2 aromatic carbocycles. The zero-order chi connectivity index (χ0) is 22.1. The number of aryl methyl sites for hydroxylation is 3. The summed E-state index contributed by atoms with van der Waals surface area (Å²) in [6, 6.07) is 16.0. The van der Waals surface area contributed by atoms with Crippen LogP contribution >= 0.6 is 0 Å². The van der Waals surface area contributed by atoms with Crippen molar-refractivity contribution in [3.8, 4) is 0 Å². The van der Waals surface area contributed by atoms with Crippen LogP contribution < -0.4 is 4.90 Å². The molecule has 1 N–H and O–H groups in total. The van der Waals surface area contributed by atoms with Crippen LogP contribution in [0.5, 0.6) is 0 Å². The standard InChI is InChI=1S/C26H24N2O3/c1-4-18-7-9-20(10-8-18)28-23(19-11-13-27-14-12-19)22(25(30)26(28)31)24(29)21-15-16(2)5-6-17(21)3/h5-15,23,29H,4H2,1-3H3/b24-22+. The van der Waals surface area contributed by atoms with Crippen molar-refractivity contribution in [1.29, 1.82) is 0 Å². The molecule has 1 unspecified atom stereocenters. The highest BCUT2D eigenvalue weighted by atomic mass is 16.3. The highest BCUT2D eigenvalue weighted by Crippen LogP contribution is 2.42. The van der Waals surface area contributed by atoms with Gasteiger partial charge in [0.15, 0.2) is 0 Å². The third-order valence-electron chi connectivity index (χ3n) is 5.74. The fourth-order valence-electron chi connectivity index (χ4n) is 3.99. The van der Waals surface area contributed by atoms with Gasteiger partial charge in [-0.05, 0) is 67.3 Å². The molecule has 4 rings (SSSR count). The molecule has 5 nitrogen and oxygen atoms in total. The van der Waals surface area contributed by atoms with E-state index in [1.165, 1.54) is 4.90 Å². The molecule has 1 aliphatic heterocycles. The molecule has 1 aromatic heterocycles. The molecule has 2 heterocycles. The fourth-order valence-corrected chi connectivity index (χ4v) is 3.99. The molecular formula is C26H24N2O3. The summed E-state index contributed by atoms with van der Waals surface area (Å²) in [5.74, 6) is -1.51. The van der Waals surface area contributed by atoms with Crippen molar-refractivity contribution >= 4 is 23.1 Å². The van der Waals surface area contributed by atoms with E-state index in [9.17, 15) is 14.7 Å². The van der Waals surface area contributed by atoms with Gasteiger partial charge in [0, 0.05) is 23.6 Å². The molecule has 1 aliphatic rings. The predicted octanol–water partition coefficient (Wildman–Crippen LogP) is 4.89. The van der Waals surface area contributed by atoms with E-state index in [0.717, 1.165) is 23.1 Å². The van der Waals surface area contributed by atoms with E-state index < -0.39 is 17.7 Å². The number of hydrogen-bond acceptors (Lipinski definition) is 4. The molecule has 31 heavy (non-hydrogen) atoms. The maximum Gasteiger partial charge on any atom is 0.300 e. The number of rotatable bonds is 4. The van der Waals surface area contributed by atoms with Crippen molar-refractivity contribution in [3.63, 3.8) is 0 Å². The number of carbonyl (C=O) groups is 2. The van der Waals surface area contributed by atoms with Gasteiger partial charge in [-0.2, -0.15) is 0 Å². The van der Waals surface area contributed by atoms with Crippen LogP contribution in [-0.4, -0.2) is 21.8 Å². The Hall–Kier alpha value is -3.73. The minimum atomic E-state index is -0.740. The maximum absolute atomic E-state index is 13.2. The van der Waals surface area contributed by atoms with Crippen molar-refractivity contribution in [2.45, 2.75) is 33.2 Å². The lowest BCUT2D eigenvalue weighted by atomic mass is 9.93. The summed E-state index contributed by atoms with van der Waals surface area (Å²) in [7, 11) is 0. The zero-order valence-corrected chi connectivity index (χ0v) is 17.8. The number of aliphatic hydroxyl groups is 1. The van der Waals surface area contributed by atoms with Gasteiger partial charge in [-0.15, -0.1) is 0 Å². The lowest BCUT2D eigenvalue weighted by molar-refractivity contribution is -0.132. The molecule has 3 aromatic rings. The number of hydrogen-bond donors (Lipinski definition) is 1. The van der Waals surface area contributed by atoms with Gasteiger partial charge in [-0.1, -0.05) is 36.8 Å². The lowest BCUT2D eigenvalue weighted by Gasteiger charge is -2.25. The molecular weight excluding hydrogens is 388 g/mol. The third kappa shape index (κ3) is 3.63. The molecule has 0 bridgehead atoms. The zero-order valence-electron chi connectivity index (χ0n) is 17.8. The number of pyridine rings is 1. The highest BCUT2D eigenvalue weighted by molar-refractivity contribution is 6.51. The molecule has 1 fully saturated rings. The van der Waals surface area contributed by atoms with Gasteiger partial charge < -0.3 is 5.11 Å². The third-order valence-corrected chi connectivity index (χ3v) is 5.74. The Balaban J connectivity index is 1.94. The van der Waals surface area contributed by atoms with Gasteiger partial charge in [-0.3, -0.25) is 19.5 Å². The number of anilines is 1. The topological polar surface area (TPSA) is 70.5 Å². The van der Waals surface area contributed by atoms with Crippen LogP contribution in [-0.2, 0) is 16.0 Å². The molecule has 1 amide bonds. The summed E-state index contributed by atoms with van der Waals surface area (Å²) >= 11 is 0. The fraction of sp³-hybridized carbons (Fsp3) is 0.192. The number of Topliss-reactive ketones (excluding diaryl/α,β-unsaturated/α-hetero) is 1. The number of ketones is 1. The highest BCUT2D eigenvalue weighted by Gasteiger charge is 2.47. The monoisotopic (exact) mass is 412 g/mol. The molecule has 1 atom stereocenters. The van der Waals surface area contributed by atoms with Gasteiger partial charge in [0.1, 0.15) is 5.76 Å². The molecule has 0 spiro atoms. The minimum absolute atomic E-state index is 0.0875. The Labute approximate surface area is 181 Å². The maximum atomic E-state index is 13.2. The average Bonchev–Trinajstić information content (AvgIpc) is 3.06. The van der Waals surface area contributed by atoms with Crippen molar-refractivity contribution in [3.05, 3.63) is 100 Å². The second-order valence-electron chi connectivity index (χ2n) is 7.79. The summed E-state index contributed by atoms with van der Waals surface area (Å²) in [6.07, 6.45) is 4.11. The molecule has 1 saturated heterocycles. The van der Waals surface area contributed by atoms with Gasteiger partial charge in [0.2, 0.25) is 0 Å². The first-order valence-corrected chi connectivity index (χ1v) is 10.3. The first kappa shape index (κ1) is 20.5. The summed E-state index contributed by atoms with van der Waals surface area (Å²) in [5, 5.41) is 11.3. The van der Waals surface area contributed by atoms with Crippen molar-refractivity contribution in [2.75, 3.05) is 4.90 Å². The number of amides is 1. The first-order valence-electron chi connectivity index (χ1n) is 10.3. The smallest absolute Gasteiger partial charge is 0.300 e. The van der Waals surface area contributed by atoms with E-state index in [1.54, 1.807) is 24.5 Å². The lowest BCUT2D eigenvalue weighted by Crippen LogP contribution is -2.29. The second kappa shape index (κ2) is 8.19. The Kier molecular flexibility index (Phi) is 5.42. The van der Waals surface area contributed by atoms with Gasteiger partial charge in [-0.25, -0.2) is 0 Å². The Morgan fingerprint density at radius 2 is 1.68 bits per heavy atom. The SMILES string of the molecule is CCc1ccc(N2C(=O)C(=O)/C(=C(/O)c3cc(C)ccc3C)C2c2ccncc2)cc1. The summed E-state index contributed by atoms with van der Waals surface area (Å²) in [4.78, 5) is 31.9. The molecule has 0 saturated carbocycles. The quantitative estimate of drug-likeness (QED) is 0.376. The summed E-state index contributed by atoms with van der Waals surface area (Å²) in [6.45, 7) is 5.85. The van der Waals surface area contributed by atoms with Crippen LogP contribution in [0.25, 0.3) is 5.76 Å². The number of carbonyl (C=O) groups excluding carboxylic acids is 2. The van der Waals surface area contributed by atoms with E-state index in [-0.39, 0.29) is 11.3 Å². The molecule has 156 valence electrons. The number of nitrogens with zero attached hydrogens (tertiary/aromatic N) is 2. The van der Waals surface area contributed by atoms with Gasteiger partial charge >= 0.3 is 0 Å². The van der Waals surface area contributed by atoms with Crippen LogP contribution in [0, 0.1) is 13.8 Å². The van der Waals surface area contributed by atoms with Crippen molar-refractivity contribution in [2.24, 2.45) is 0 Å². The minimum Gasteiger partial charge on any atom is -0.507 e. The van der Waals surface area contributed by atoms with E-state index in [1.807, 2.05) is 56.3 Å². The Bertz CT molecular complexity index is 1180. The Morgan fingerprint density at radius 1 is 1.00 bits per heavy atom. The van der Waals surface area contributed by atoms with Gasteiger partial charge in [0.25, 0.3) is 11.7 Å². The number of benzene rings is 2. The second-order valence-corrected chi connectivity index (χ2v) is 7.79. The van der Waals surface area contributed by atoms with Crippen molar-refractivity contribution < 1.29 is 14.7 Å². The van der Waals surface area contributed by atoms with Crippen LogP contribution in [0.3, 0.4) is 0 Å². The van der Waals surface area contributed by atoms with Crippen LogP contribution in [0.1, 0.15) is 40.8 Å². The number of aromatic nitrogens is 1. The summed E-state index contributed by atoms with van der Waals surface area (Å²) in [5.41, 5.74) is 4.88. The molecule has 0 aliphatic carbocycles. The predicted molar refractivity (Wildman–Crippen MR) is 121 cm³/mol. The normalized spacial score (nSPS) is 17.9. The van der Waals surface area contributed by atoms with E-state index in [4.69, 9.17) is 0 Å². The molecule has 5 heteroatoms. The number of aliphatic hydroxyl groups excluding tert-OH is 1.